The molecule has 0 saturated carbocycles. The fraction of sp³-hybridized carbons (Fsp3) is 0.312. The van der Waals surface area contributed by atoms with Gasteiger partial charge in [-0.05, 0) is 49.1 Å². The van der Waals surface area contributed by atoms with E-state index in [1.165, 1.54) is 22.3 Å². The standard InChI is InChI=1S/C16H20N2/c1-11-7-8-14(18-10-11)9-15(17)16-12(2)5-4-6-13(16)3/h4-8,10,15H,9,17H2,1-3H3. The van der Waals surface area contributed by atoms with Crippen LogP contribution in [0.5, 0.6) is 0 Å². The van der Waals surface area contributed by atoms with Gasteiger partial charge in [0.25, 0.3) is 0 Å². The van der Waals surface area contributed by atoms with Crippen LogP contribution in [0, 0.1) is 20.8 Å². The van der Waals surface area contributed by atoms with Crippen LogP contribution in [0.2, 0.25) is 0 Å². The summed E-state index contributed by atoms with van der Waals surface area (Å²) in [5.41, 5.74) is 12.3. The Labute approximate surface area is 109 Å². The number of hydrogen-bond donors (Lipinski definition) is 1. The molecule has 0 bridgehead atoms. The van der Waals surface area contributed by atoms with E-state index in [4.69, 9.17) is 5.73 Å². The van der Waals surface area contributed by atoms with Gasteiger partial charge in [0.05, 0.1) is 0 Å². The van der Waals surface area contributed by atoms with Gasteiger partial charge in [-0.15, -0.1) is 0 Å². The fourth-order valence-corrected chi connectivity index (χ4v) is 2.36. The molecule has 94 valence electrons. The number of nitrogens with zero attached hydrogens (tertiary/aromatic N) is 1. The maximum atomic E-state index is 6.33. The van der Waals surface area contributed by atoms with Gasteiger partial charge in [-0.1, -0.05) is 24.3 Å². The summed E-state index contributed by atoms with van der Waals surface area (Å²) in [5, 5.41) is 0. The van der Waals surface area contributed by atoms with Gasteiger partial charge in [0.1, 0.15) is 0 Å². The highest BCUT2D eigenvalue weighted by Crippen LogP contribution is 2.22. The molecule has 1 unspecified atom stereocenters. The molecule has 2 N–H and O–H groups in total. The molecule has 1 heterocycles. The van der Waals surface area contributed by atoms with Crippen molar-refractivity contribution in [3.8, 4) is 0 Å². The van der Waals surface area contributed by atoms with E-state index in [2.05, 4.69) is 49.2 Å². The van der Waals surface area contributed by atoms with E-state index in [1.54, 1.807) is 0 Å². The second-order valence-corrected chi connectivity index (χ2v) is 4.94. The highest BCUT2D eigenvalue weighted by Gasteiger charge is 2.12. The maximum absolute atomic E-state index is 6.33. The Kier molecular flexibility index (Phi) is 3.78. The Hall–Kier alpha value is -1.67. The van der Waals surface area contributed by atoms with Crippen LogP contribution in [-0.4, -0.2) is 4.98 Å². The Morgan fingerprint density at radius 3 is 2.28 bits per heavy atom. The zero-order chi connectivity index (χ0) is 13.1. The lowest BCUT2D eigenvalue weighted by Gasteiger charge is -2.17. The third kappa shape index (κ3) is 2.77. The molecule has 2 aromatic rings. The van der Waals surface area contributed by atoms with E-state index in [0.29, 0.717) is 0 Å². The van der Waals surface area contributed by atoms with Crippen molar-refractivity contribution in [1.29, 1.82) is 0 Å². The summed E-state index contributed by atoms with van der Waals surface area (Å²) in [6, 6.07) is 10.5. The molecular formula is C16H20N2. The van der Waals surface area contributed by atoms with Crippen LogP contribution in [-0.2, 0) is 6.42 Å². The normalized spacial score (nSPS) is 12.4. The van der Waals surface area contributed by atoms with Crippen molar-refractivity contribution in [2.24, 2.45) is 5.73 Å². The van der Waals surface area contributed by atoms with Gasteiger partial charge in [-0.2, -0.15) is 0 Å². The smallest absolute Gasteiger partial charge is 0.0422 e. The lowest BCUT2D eigenvalue weighted by Crippen LogP contribution is -2.16. The molecule has 0 spiro atoms. The Morgan fingerprint density at radius 2 is 1.72 bits per heavy atom. The summed E-state index contributed by atoms with van der Waals surface area (Å²) in [7, 11) is 0. The van der Waals surface area contributed by atoms with Crippen molar-refractivity contribution in [1.82, 2.24) is 4.98 Å². The first-order valence-electron chi connectivity index (χ1n) is 6.31. The molecule has 0 fully saturated rings. The van der Waals surface area contributed by atoms with Gasteiger partial charge in [0, 0.05) is 24.4 Å². The Balaban J connectivity index is 2.22. The number of aryl methyl sites for hydroxylation is 3. The van der Waals surface area contributed by atoms with Crippen LogP contribution in [0.15, 0.2) is 36.5 Å². The number of hydrogen-bond acceptors (Lipinski definition) is 2. The number of pyridine rings is 1. The van der Waals surface area contributed by atoms with E-state index in [9.17, 15) is 0 Å². The zero-order valence-corrected chi connectivity index (χ0v) is 11.3. The Bertz CT molecular complexity index is 509. The first-order chi connectivity index (χ1) is 8.58. The van der Waals surface area contributed by atoms with Crippen LogP contribution >= 0.6 is 0 Å². The molecule has 0 amide bonds. The molecular weight excluding hydrogens is 220 g/mol. The number of nitrogens with two attached hydrogens (primary N) is 1. The second kappa shape index (κ2) is 5.32. The summed E-state index contributed by atoms with van der Waals surface area (Å²) in [6.45, 7) is 6.28. The molecule has 0 aliphatic carbocycles. The van der Waals surface area contributed by atoms with Gasteiger partial charge in [-0.3, -0.25) is 4.98 Å². The average Bonchev–Trinajstić information content (AvgIpc) is 2.32. The quantitative estimate of drug-likeness (QED) is 0.894. The summed E-state index contributed by atoms with van der Waals surface area (Å²) in [6.07, 6.45) is 2.68. The first-order valence-corrected chi connectivity index (χ1v) is 6.31. The van der Waals surface area contributed by atoms with Gasteiger partial charge in [-0.25, -0.2) is 0 Å². The summed E-state index contributed by atoms with van der Waals surface area (Å²) in [5.74, 6) is 0. The molecule has 1 aromatic carbocycles. The van der Waals surface area contributed by atoms with Crippen molar-refractivity contribution >= 4 is 0 Å². The van der Waals surface area contributed by atoms with Gasteiger partial charge < -0.3 is 5.73 Å². The third-order valence-electron chi connectivity index (χ3n) is 3.31. The molecule has 1 aromatic heterocycles. The van der Waals surface area contributed by atoms with Crippen LogP contribution in [0.3, 0.4) is 0 Å². The summed E-state index contributed by atoms with van der Waals surface area (Å²) in [4.78, 5) is 4.42. The molecule has 2 rings (SSSR count). The maximum Gasteiger partial charge on any atom is 0.0422 e. The molecule has 1 atom stereocenters. The van der Waals surface area contributed by atoms with Crippen molar-refractivity contribution < 1.29 is 0 Å². The van der Waals surface area contributed by atoms with E-state index in [0.717, 1.165) is 12.1 Å². The van der Waals surface area contributed by atoms with Crippen LogP contribution in [0.1, 0.15) is 34.0 Å². The van der Waals surface area contributed by atoms with Gasteiger partial charge in [0.15, 0.2) is 0 Å². The lowest BCUT2D eigenvalue weighted by molar-refractivity contribution is 0.696. The largest absolute Gasteiger partial charge is 0.324 e. The van der Waals surface area contributed by atoms with Crippen molar-refractivity contribution in [3.63, 3.8) is 0 Å². The minimum Gasteiger partial charge on any atom is -0.324 e. The van der Waals surface area contributed by atoms with E-state index in [-0.39, 0.29) is 6.04 Å². The van der Waals surface area contributed by atoms with Crippen molar-refractivity contribution in [3.05, 3.63) is 64.5 Å². The van der Waals surface area contributed by atoms with Crippen LogP contribution in [0.25, 0.3) is 0 Å². The second-order valence-electron chi connectivity index (χ2n) is 4.94. The van der Waals surface area contributed by atoms with Gasteiger partial charge in [0.2, 0.25) is 0 Å². The minimum absolute atomic E-state index is 0.0152. The first kappa shape index (κ1) is 12.8. The lowest BCUT2D eigenvalue weighted by atomic mass is 9.94. The van der Waals surface area contributed by atoms with Crippen LogP contribution < -0.4 is 5.73 Å². The number of aromatic nitrogens is 1. The molecule has 0 radical (unpaired) electrons. The van der Waals surface area contributed by atoms with E-state index in [1.807, 2.05) is 13.1 Å². The predicted octanol–water partition coefficient (Wildman–Crippen LogP) is 3.25. The van der Waals surface area contributed by atoms with Crippen molar-refractivity contribution in [2.75, 3.05) is 0 Å². The molecule has 0 saturated heterocycles. The molecule has 0 aliphatic rings. The third-order valence-corrected chi connectivity index (χ3v) is 3.31. The number of benzene rings is 1. The van der Waals surface area contributed by atoms with Crippen molar-refractivity contribution in [2.45, 2.75) is 33.2 Å². The SMILES string of the molecule is Cc1ccc(CC(N)c2c(C)cccc2C)nc1. The van der Waals surface area contributed by atoms with E-state index >= 15 is 0 Å². The molecule has 2 nitrogen and oxygen atoms in total. The zero-order valence-electron chi connectivity index (χ0n) is 11.3. The topological polar surface area (TPSA) is 38.9 Å². The highest BCUT2D eigenvalue weighted by atomic mass is 14.7. The van der Waals surface area contributed by atoms with Gasteiger partial charge >= 0.3 is 0 Å². The minimum atomic E-state index is 0.0152. The van der Waals surface area contributed by atoms with E-state index < -0.39 is 0 Å². The molecule has 18 heavy (non-hydrogen) atoms. The number of rotatable bonds is 3. The highest BCUT2D eigenvalue weighted by molar-refractivity contribution is 5.36. The monoisotopic (exact) mass is 240 g/mol. The predicted molar refractivity (Wildman–Crippen MR) is 75.5 cm³/mol. The summed E-state index contributed by atoms with van der Waals surface area (Å²) < 4.78 is 0. The molecule has 0 aliphatic heterocycles. The molecule has 2 heteroatoms. The van der Waals surface area contributed by atoms with Crippen LogP contribution in [0.4, 0.5) is 0 Å². The fourth-order valence-electron chi connectivity index (χ4n) is 2.36. The average molecular weight is 240 g/mol. The summed E-state index contributed by atoms with van der Waals surface area (Å²) >= 11 is 0. The Morgan fingerprint density at radius 1 is 1.06 bits per heavy atom.